The highest BCUT2D eigenvalue weighted by atomic mass is 16.6. The van der Waals surface area contributed by atoms with Crippen LogP contribution in [0.15, 0.2) is 12.1 Å². The molecular formula is C17H25N3O3. The number of hydrogen-bond acceptors (Lipinski definition) is 5. The molecule has 2 heterocycles. The number of ether oxygens (including phenoxy) is 1. The number of piperidine rings is 1. The zero-order valence-electron chi connectivity index (χ0n) is 14.0. The summed E-state index contributed by atoms with van der Waals surface area (Å²) in [7, 11) is 0. The molecule has 1 aromatic rings. The standard InChI is InChI=1S/C17H25N3O3/c1-13-11-16(12-14(2)17(13)20(21)22)18-5-3-15(4-6-18)19-7-9-23-10-8-19/h11-12,15H,3-10H2,1-2H3. The maximum absolute atomic E-state index is 11.1. The average Bonchev–Trinajstić information content (AvgIpc) is 2.55. The van der Waals surface area contributed by atoms with Crippen LogP contribution in [0.3, 0.4) is 0 Å². The van der Waals surface area contributed by atoms with Crippen LogP contribution in [0.2, 0.25) is 0 Å². The number of morpholine rings is 1. The zero-order chi connectivity index (χ0) is 16.4. The third kappa shape index (κ3) is 3.48. The van der Waals surface area contributed by atoms with E-state index in [0.717, 1.165) is 69.0 Å². The van der Waals surface area contributed by atoms with Crippen molar-refractivity contribution in [1.82, 2.24) is 4.90 Å². The predicted octanol–water partition coefficient (Wildman–Crippen LogP) is 2.51. The van der Waals surface area contributed by atoms with Crippen molar-refractivity contribution in [2.45, 2.75) is 32.7 Å². The molecule has 0 unspecified atom stereocenters. The molecule has 0 aliphatic carbocycles. The molecule has 3 rings (SSSR count). The van der Waals surface area contributed by atoms with E-state index in [1.165, 1.54) is 0 Å². The first-order chi connectivity index (χ1) is 11.1. The van der Waals surface area contributed by atoms with Gasteiger partial charge in [-0.05, 0) is 38.8 Å². The molecule has 1 aromatic carbocycles. The number of benzene rings is 1. The van der Waals surface area contributed by atoms with Crippen molar-refractivity contribution >= 4 is 11.4 Å². The summed E-state index contributed by atoms with van der Waals surface area (Å²) in [6.07, 6.45) is 2.30. The lowest BCUT2D eigenvalue weighted by Gasteiger charge is -2.41. The Morgan fingerprint density at radius 3 is 2.17 bits per heavy atom. The highest BCUT2D eigenvalue weighted by molar-refractivity contribution is 5.59. The molecular weight excluding hydrogens is 294 g/mol. The molecule has 126 valence electrons. The van der Waals surface area contributed by atoms with Gasteiger partial charge in [-0.25, -0.2) is 0 Å². The van der Waals surface area contributed by atoms with Crippen LogP contribution in [0.4, 0.5) is 11.4 Å². The highest BCUT2D eigenvalue weighted by Crippen LogP contribution is 2.30. The van der Waals surface area contributed by atoms with E-state index < -0.39 is 0 Å². The minimum absolute atomic E-state index is 0.247. The third-order valence-electron chi connectivity index (χ3n) is 5.05. The van der Waals surface area contributed by atoms with Gasteiger partial charge in [0.15, 0.2) is 0 Å². The van der Waals surface area contributed by atoms with E-state index in [4.69, 9.17) is 4.74 Å². The second-order valence-corrected chi connectivity index (χ2v) is 6.55. The summed E-state index contributed by atoms with van der Waals surface area (Å²) in [6.45, 7) is 9.46. The fourth-order valence-electron chi connectivity index (χ4n) is 3.84. The van der Waals surface area contributed by atoms with Gasteiger partial charge >= 0.3 is 0 Å². The van der Waals surface area contributed by atoms with Gasteiger partial charge in [-0.1, -0.05) is 0 Å². The fraction of sp³-hybridized carbons (Fsp3) is 0.647. The summed E-state index contributed by atoms with van der Waals surface area (Å²) in [5.41, 5.74) is 2.86. The molecule has 23 heavy (non-hydrogen) atoms. The van der Waals surface area contributed by atoms with E-state index in [1.807, 2.05) is 26.0 Å². The molecule has 0 bridgehead atoms. The first-order valence-electron chi connectivity index (χ1n) is 8.38. The normalized spacial score (nSPS) is 20.7. The second kappa shape index (κ2) is 6.84. The van der Waals surface area contributed by atoms with Crippen molar-refractivity contribution in [2.75, 3.05) is 44.3 Å². The lowest BCUT2D eigenvalue weighted by molar-refractivity contribution is -0.386. The van der Waals surface area contributed by atoms with E-state index in [-0.39, 0.29) is 10.6 Å². The Balaban J connectivity index is 1.66. The van der Waals surface area contributed by atoms with Gasteiger partial charge in [0.2, 0.25) is 0 Å². The number of nitrogens with zero attached hydrogens (tertiary/aromatic N) is 3. The Bertz CT molecular complexity index is 553. The lowest BCUT2D eigenvalue weighted by Crippen LogP contribution is -2.49. The predicted molar refractivity (Wildman–Crippen MR) is 90.2 cm³/mol. The maximum atomic E-state index is 11.1. The first kappa shape index (κ1) is 16.2. The van der Waals surface area contributed by atoms with E-state index in [9.17, 15) is 10.1 Å². The zero-order valence-corrected chi connectivity index (χ0v) is 14.0. The average molecular weight is 319 g/mol. The number of hydrogen-bond donors (Lipinski definition) is 0. The molecule has 0 saturated carbocycles. The maximum Gasteiger partial charge on any atom is 0.275 e. The molecule has 2 aliphatic heterocycles. The van der Waals surface area contributed by atoms with Crippen molar-refractivity contribution in [2.24, 2.45) is 0 Å². The van der Waals surface area contributed by atoms with Gasteiger partial charge in [-0.3, -0.25) is 15.0 Å². The Kier molecular flexibility index (Phi) is 4.82. The third-order valence-corrected chi connectivity index (χ3v) is 5.05. The van der Waals surface area contributed by atoms with Crippen LogP contribution in [0.5, 0.6) is 0 Å². The van der Waals surface area contributed by atoms with Gasteiger partial charge in [0.05, 0.1) is 18.1 Å². The Morgan fingerprint density at radius 2 is 1.65 bits per heavy atom. The highest BCUT2D eigenvalue weighted by Gasteiger charge is 2.27. The van der Waals surface area contributed by atoms with Crippen LogP contribution < -0.4 is 4.90 Å². The number of nitro groups is 1. The summed E-state index contributed by atoms with van der Waals surface area (Å²) in [6, 6.07) is 4.57. The van der Waals surface area contributed by atoms with Crippen molar-refractivity contribution in [3.05, 3.63) is 33.4 Å². The molecule has 0 spiro atoms. The summed E-state index contributed by atoms with van der Waals surface area (Å²) in [4.78, 5) is 15.8. The van der Waals surface area contributed by atoms with Crippen LogP contribution >= 0.6 is 0 Å². The summed E-state index contributed by atoms with van der Waals surface area (Å²) in [5, 5.41) is 11.1. The summed E-state index contributed by atoms with van der Waals surface area (Å²) < 4.78 is 5.43. The monoisotopic (exact) mass is 319 g/mol. The van der Waals surface area contributed by atoms with Crippen LogP contribution in [-0.4, -0.2) is 55.3 Å². The molecule has 6 nitrogen and oxygen atoms in total. The molecule has 2 aliphatic rings. The van der Waals surface area contributed by atoms with Gasteiger partial charge < -0.3 is 9.64 Å². The van der Waals surface area contributed by atoms with Gasteiger partial charge in [-0.2, -0.15) is 0 Å². The SMILES string of the molecule is Cc1cc(N2CCC(N3CCOCC3)CC2)cc(C)c1[N+](=O)[O-]. The number of aryl methyl sites for hydroxylation is 2. The van der Waals surface area contributed by atoms with E-state index in [0.29, 0.717) is 6.04 Å². The fourth-order valence-corrected chi connectivity index (χ4v) is 3.84. The smallest absolute Gasteiger partial charge is 0.275 e. The van der Waals surface area contributed by atoms with Gasteiger partial charge in [-0.15, -0.1) is 0 Å². The quantitative estimate of drug-likeness (QED) is 0.633. The van der Waals surface area contributed by atoms with Crippen molar-refractivity contribution in [1.29, 1.82) is 0 Å². The van der Waals surface area contributed by atoms with Crippen LogP contribution in [-0.2, 0) is 4.74 Å². The first-order valence-corrected chi connectivity index (χ1v) is 8.38. The molecule has 0 N–H and O–H groups in total. The van der Waals surface area contributed by atoms with Crippen molar-refractivity contribution < 1.29 is 9.66 Å². The largest absolute Gasteiger partial charge is 0.379 e. The lowest BCUT2D eigenvalue weighted by atomic mass is 10.0. The van der Waals surface area contributed by atoms with Crippen LogP contribution in [0.1, 0.15) is 24.0 Å². The molecule has 0 amide bonds. The van der Waals surface area contributed by atoms with E-state index >= 15 is 0 Å². The molecule has 0 radical (unpaired) electrons. The minimum Gasteiger partial charge on any atom is -0.379 e. The Labute approximate surface area is 137 Å². The number of anilines is 1. The van der Waals surface area contributed by atoms with Crippen LogP contribution in [0.25, 0.3) is 0 Å². The summed E-state index contributed by atoms with van der Waals surface area (Å²) in [5.74, 6) is 0. The second-order valence-electron chi connectivity index (χ2n) is 6.55. The van der Waals surface area contributed by atoms with Crippen molar-refractivity contribution in [3.8, 4) is 0 Å². The number of rotatable bonds is 3. The molecule has 2 fully saturated rings. The Morgan fingerprint density at radius 1 is 1.09 bits per heavy atom. The Hall–Kier alpha value is -1.66. The van der Waals surface area contributed by atoms with E-state index in [2.05, 4.69) is 9.80 Å². The molecule has 6 heteroatoms. The van der Waals surface area contributed by atoms with Gasteiger partial charge in [0.1, 0.15) is 0 Å². The molecule has 0 aromatic heterocycles. The summed E-state index contributed by atoms with van der Waals surface area (Å²) >= 11 is 0. The molecule has 0 atom stereocenters. The molecule has 2 saturated heterocycles. The minimum atomic E-state index is -0.279. The van der Waals surface area contributed by atoms with Crippen LogP contribution in [0, 0.1) is 24.0 Å². The van der Waals surface area contributed by atoms with Gasteiger partial charge in [0, 0.05) is 49.0 Å². The van der Waals surface area contributed by atoms with Gasteiger partial charge in [0.25, 0.3) is 5.69 Å². The van der Waals surface area contributed by atoms with Crippen molar-refractivity contribution in [3.63, 3.8) is 0 Å². The topological polar surface area (TPSA) is 58.8 Å². The van der Waals surface area contributed by atoms with E-state index in [1.54, 1.807) is 0 Å². The number of nitro benzene ring substituents is 1.